The lowest BCUT2D eigenvalue weighted by atomic mass is 10.3. The van der Waals surface area contributed by atoms with E-state index in [0.29, 0.717) is 19.0 Å². The van der Waals surface area contributed by atoms with Gasteiger partial charge in [-0.15, -0.1) is 0 Å². The molecule has 0 saturated heterocycles. The Hall–Kier alpha value is 0.300. The standard InChI is InChI=1S/C15H34O6P2/c1-13(2)19-22(17,11-9-7-8-10-16)12-23(18,20-14(3)4)21-15(5)6/h13-16H,7-12H2,1-6H3. The van der Waals surface area contributed by atoms with Gasteiger partial charge in [0.1, 0.15) is 5.90 Å². The van der Waals surface area contributed by atoms with Crippen molar-refractivity contribution in [2.75, 3.05) is 18.7 Å². The van der Waals surface area contributed by atoms with Crippen molar-refractivity contribution in [3.05, 3.63) is 0 Å². The first-order valence-electron chi connectivity index (χ1n) is 8.35. The van der Waals surface area contributed by atoms with Gasteiger partial charge in [0.25, 0.3) is 0 Å². The number of aliphatic hydroxyl groups excluding tert-OH is 1. The normalized spacial score (nSPS) is 15.6. The van der Waals surface area contributed by atoms with Crippen LogP contribution in [-0.4, -0.2) is 42.1 Å². The van der Waals surface area contributed by atoms with Gasteiger partial charge in [-0.05, 0) is 54.4 Å². The maximum Gasteiger partial charge on any atom is 0.340 e. The summed E-state index contributed by atoms with van der Waals surface area (Å²) in [5.74, 6) is -0.201. The number of aliphatic hydroxyl groups is 1. The van der Waals surface area contributed by atoms with E-state index < -0.39 is 15.0 Å². The molecule has 0 heterocycles. The van der Waals surface area contributed by atoms with Crippen LogP contribution < -0.4 is 0 Å². The van der Waals surface area contributed by atoms with E-state index in [1.165, 1.54) is 0 Å². The SMILES string of the molecule is CC(C)OP(=O)(CCCCCO)CP(=O)(OC(C)C)OC(C)C. The molecule has 1 unspecified atom stereocenters. The predicted molar refractivity (Wildman–Crippen MR) is 94.5 cm³/mol. The summed E-state index contributed by atoms with van der Waals surface area (Å²) < 4.78 is 42.8. The third-order valence-corrected chi connectivity index (χ3v) is 9.09. The van der Waals surface area contributed by atoms with Crippen LogP contribution in [0.1, 0.15) is 60.8 Å². The number of unbranched alkanes of at least 4 members (excludes halogenated alkanes) is 2. The maximum absolute atomic E-state index is 13.1. The third-order valence-electron chi connectivity index (χ3n) is 2.69. The molecule has 0 saturated carbocycles. The van der Waals surface area contributed by atoms with Crippen LogP contribution in [0.2, 0.25) is 0 Å². The molecule has 0 aromatic heterocycles. The summed E-state index contributed by atoms with van der Waals surface area (Å²) in [6.07, 6.45) is 1.56. The fourth-order valence-electron chi connectivity index (χ4n) is 2.18. The van der Waals surface area contributed by atoms with Crippen molar-refractivity contribution < 1.29 is 27.8 Å². The van der Waals surface area contributed by atoms with Crippen LogP contribution in [0.3, 0.4) is 0 Å². The van der Waals surface area contributed by atoms with Gasteiger partial charge in [-0.1, -0.05) is 6.42 Å². The van der Waals surface area contributed by atoms with Gasteiger partial charge < -0.3 is 18.7 Å². The van der Waals surface area contributed by atoms with Gasteiger partial charge >= 0.3 is 7.60 Å². The molecule has 0 amide bonds. The highest BCUT2D eigenvalue weighted by Crippen LogP contribution is 2.65. The average molecular weight is 372 g/mol. The fraction of sp³-hybridized carbons (Fsp3) is 1.00. The summed E-state index contributed by atoms with van der Waals surface area (Å²) in [5.41, 5.74) is 0. The van der Waals surface area contributed by atoms with Gasteiger partial charge in [0.15, 0.2) is 0 Å². The second kappa shape index (κ2) is 11.0. The first-order valence-corrected chi connectivity index (χ1v) is 12.1. The molecule has 1 atom stereocenters. The van der Waals surface area contributed by atoms with Crippen molar-refractivity contribution in [3.63, 3.8) is 0 Å². The first kappa shape index (κ1) is 23.3. The molecule has 0 bridgehead atoms. The second-order valence-corrected chi connectivity index (χ2v) is 11.6. The molecule has 0 aromatic rings. The Labute approximate surface area is 141 Å². The van der Waals surface area contributed by atoms with Gasteiger partial charge in [0.2, 0.25) is 7.37 Å². The second-order valence-electron chi connectivity index (χ2n) is 6.54. The van der Waals surface area contributed by atoms with Crippen LogP contribution in [0.5, 0.6) is 0 Å². The summed E-state index contributed by atoms with van der Waals surface area (Å²) in [6, 6.07) is 0. The van der Waals surface area contributed by atoms with E-state index in [2.05, 4.69) is 0 Å². The Bertz CT molecular complexity index is 395. The van der Waals surface area contributed by atoms with Crippen LogP contribution >= 0.6 is 15.0 Å². The molecule has 0 rings (SSSR count). The van der Waals surface area contributed by atoms with Crippen LogP contribution in [0.15, 0.2) is 0 Å². The summed E-state index contributed by atoms with van der Waals surface area (Å²) in [4.78, 5) is 0. The molecule has 0 aliphatic rings. The zero-order valence-electron chi connectivity index (χ0n) is 15.4. The van der Waals surface area contributed by atoms with E-state index in [4.69, 9.17) is 18.7 Å². The van der Waals surface area contributed by atoms with Crippen LogP contribution in [0.25, 0.3) is 0 Å². The van der Waals surface area contributed by atoms with Gasteiger partial charge in [0.05, 0.1) is 18.3 Å². The molecular formula is C15H34O6P2. The Balaban J connectivity index is 5.11. The Kier molecular flexibility index (Phi) is 11.2. The molecule has 0 aliphatic carbocycles. The molecule has 0 aromatic carbocycles. The van der Waals surface area contributed by atoms with Crippen LogP contribution in [0, 0.1) is 0 Å². The fourth-order valence-corrected chi connectivity index (χ4v) is 8.57. The largest absolute Gasteiger partial charge is 0.396 e. The molecule has 0 radical (unpaired) electrons. The molecule has 0 aliphatic heterocycles. The Morgan fingerprint density at radius 1 is 0.783 bits per heavy atom. The quantitative estimate of drug-likeness (QED) is 0.367. The van der Waals surface area contributed by atoms with Gasteiger partial charge in [-0.3, -0.25) is 9.13 Å². The highest BCUT2D eigenvalue weighted by Gasteiger charge is 2.39. The monoisotopic (exact) mass is 372 g/mol. The lowest BCUT2D eigenvalue weighted by Crippen LogP contribution is -2.14. The summed E-state index contributed by atoms with van der Waals surface area (Å²) in [6.45, 7) is 10.8. The Morgan fingerprint density at radius 2 is 1.26 bits per heavy atom. The summed E-state index contributed by atoms with van der Waals surface area (Å²) in [5, 5.41) is 8.84. The van der Waals surface area contributed by atoms with Gasteiger partial charge in [0, 0.05) is 12.8 Å². The lowest BCUT2D eigenvalue weighted by molar-refractivity contribution is 0.144. The van der Waals surface area contributed by atoms with E-state index >= 15 is 0 Å². The molecule has 23 heavy (non-hydrogen) atoms. The van der Waals surface area contributed by atoms with Gasteiger partial charge in [-0.2, -0.15) is 0 Å². The molecule has 0 fully saturated rings. The van der Waals surface area contributed by atoms with E-state index in [9.17, 15) is 9.13 Å². The highest BCUT2D eigenvalue weighted by molar-refractivity contribution is 7.74. The van der Waals surface area contributed by atoms with Crippen LogP contribution in [-0.2, 0) is 22.7 Å². The Morgan fingerprint density at radius 3 is 1.65 bits per heavy atom. The van der Waals surface area contributed by atoms with E-state index in [1.54, 1.807) is 41.5 Å². The minimum atomic E-state index is -3.50. The third kappa shape index (κ3) is 11.5. The van der Waals surface area contributed by atoms with Crippen molar-refractivity contribution in [3.8, 4) is 0 Å². The summed E-state index contributed by atoms with van der Waals surface area (Å²) >= 11 is 0. The van der Waals surface area contributed by atoms with Crippen molar-refractivity contribution >= 4 is 15.0 Å². The smallest absolute Gasteiger partial charge is 0.340 e. The molecular weight excluding hydrogens is 338 g/mol. The van der Waals surface area contributed by atoms with Crippen molar-refractivity contribution in [2.45, 2.75) is 79.1 Å². The number of hydrogen-bond donors (Lipinski definition) is 1. The minimum absolute atomic E-state index is 0.112. The van der Waals surface area contributed by atoms with Crippen molar-refractivity contribution in [1.82, 2.24) is 0 Å². The number of hydrogen-bond acceptors (Lipinski definition) is 6. The zero-order valence-corrected chi connectivity index (χ0v) is 17.1. The van der Waals surface area contributed by atoms with Crippen molar-refractivity contribution in [1.29, 1.82) is 0 Å². The topological polar surface area (TPSA) is 82.1 Å². The van der Waals surface area contributed by atoms with Crippen LogP contribution in [0.4, 0.5) is 0 Å². The zero-order chi connectivity index (χ0) is 18.1. The minimum Gasteiger partial charge on any atom is -0.396 e. The predicted octanol–water partition coefficient (Wildman–Crippen LogP) is 4.85. The van der Waals surface area contributed by atoms with E-state index in [1.807, 2.05) is 0 Å². The summed E-state index contributed by atoms with van der Waals surface area (Å²) in [7, 11) is -6.65. The first-order chi connectivity index (χ1) is 10.5. The highest BCUT2D eigenvalue weighted by atomic mass is 31.2. The molecule has 140 valence electrons. The van der Waals surface area contributed by atoms with Gasteiger partial charge in [-0.25, -0.2) is 0 Å². The van der Waals surface area contributed by atoms with E-state index in [-0.39, 0.29) is 30.8 Å². The lowest BCUT2D eigenvalue weighted by Gasteiger charge is -2.28. The molecule has 6 nitrogen and oxygen atoms in total. The average Bonchev–Trinajstić information content (AvgIpc) is 2.30. The van der Waals surface area contributed by atoms with E-state index in [0.717, 1.165) is 6.42 Å². The molecule has 0 spiro atoms. The maximum atomic E-state index is 13.1. The molecule has 8 heteroatoms. The van der Waals surface area contributed by atoms with Crippen molar-refractivity contribution in [2.24, 2.45) is 0 Å². The number of rotatable bonds is 13. The molecule has 1 N–H and O–H groups in total.